The molecule has 0 aliphatic heterocycles. The average Bonchev–Trinajstić information content (AvgIpc) is 2.56. The Kier molecular flexibility index (Phi) is 5.82. The van der Waals surface area contributed by atoms with E-state index in [9.17, 15) is 9.59 Å². The molecular weight excluding hydrogens is 330 g/mol. The molecule has 1 unspecified atom stereocenters. The first kappa shape index (κ1) is 17.8. The summed E-state index contributed by atoms with van der Waals surface area (Å²) in [5.41, 5.74) is 1.69. The van der Waals surface area contributed by atoms with E-state index in [0.717, 1.165) is 5.56 Å². The van der Waals surface area contributed by atoms with E-state index in [1.54, 1.807) is 49.4 Å². The maximum Gasteiger partial charge on any atom is 0.337 e. The molecule has 0 aliphatic carbocycles. The van der Waals surface area contributed by atoms with Gasteiger partial charge in [0.25, 0.3) is 5.91 Å². The Morgan fingerprint density at radius 3 is 2.58 bits per heavy atom. The topological polar surface area (TPSA) is 64.6 Å². The second-order valence-electron chi connectivity index (χ2n) is 5.23. The highest BCUT2D eigenvalue weighted by Crippen LogP contribution is 2.23. The third-order valence-electron chi connectivity index (χ3n) is 3.36. The summed E-state index contributed by atoms with van der Waals surface area (Å²) in [5, 5.41) is 3.32. The van der Waals surface area contributed by atoms with Gasteiger partial charge in [-0.05, 0) is 55.8 Å². The van der Waals surface area contributed by atoms with Crippen molar-refractivity contribution in [3.63, 3.8) is 0 Å². The summed E-state index contributed by atoms with van der Waals surface area (Å²) in [4.78, 5) is 23.8. The van der Waals surface area contributed by atoms with Gasteiger partial charge >= 0.3 is 5.97 Å². The Bertz CT molecular complexity index is 760. The number of ether oxygens (including phenoxy) is 2. The Labute approximate surface area is 145 Å². The molecule has 0 aromatic heterocycles. The van der Waals surface area contributed by atoms with E-state index in [-0.39, 0.29) is 5.91 Å². The van der Waals surface area contributed by atoms with Crippen LogP contribution in [0.2, 0.25) is 5.02 Å². The van der Waals surface area contributed by atoms with Gasteiger partial charge < -0.3 is 14.8 Å². The van der Waals surface area contributed by atoms with Gasteiger partial charge in [0.15, 0.2) is 6.10 Å². The van der Waals surface area contributed by atoms with Crippen LogP contribution in [0.25, 0.3) is 0 Å². The van der Waals surface area contributed by atoms with Crippen LogP contribution in [0, 0.1) is 6.92 Å². The van der Waals surface area contributed by atoms with Gasteiger partial charge in [-0.15, -0.1) is 0 Å². The summed E-state index contributed by atoms with van der Waals surface area (Å²) in [5.74, 6) is -0.205. The van der Waals surface area contributed by atoms with Crippen molar-refractivity contribution >= 4 is 29.2 Å². The standard InChI is InChI=1S/C18H18ClNO4/c1-11-9-14(19)7-8-16(11)24-12(2)17(21)20-15-6-4-5-13(10-15)18(22)23-3/h4-10,12H,1-3H3,(H,20,21). The highest BCUT2D eigenvalue weighted by Gasteiger charge is 2.16. The number of carbonyl (C=O) groups excluding carboxylic acids is 2. The molecule has 2 aromatic carbocycles. The van der Waals surface area contributed by atoms with Crippen molar-refractivity contribution in [3.8, 4) is 5.75 Å². The third-order valence-corrected chi connectivity index (χ3v) is 3.60. The normalized spacial score (nSPS) is 11.5. The van der Waals surface area contributed by atoms with Gasteiger partial charge in [0.2, 0.25) is 0 Å². The van der Waals surface area contributed by atoms with Crippen molar-refractivity contribution in [2.45, 2.75) is 20.0 Å². The molecule has 0 aliphatic rings. The lowest BCUT2D eigenvalue weighted by Gasteiger charge is -2.16. The second-order valence-corrected chi connectivity index (χ2v) is 5.67. The van der Waals surface area contributed by atoms with Crippen molar-refractivity contribution in [3.05, 3.63) is 58.6 Å². The number of amides is 1. The molecule has 0 saturated carbocycles. The first-order chi connectivity index (χ1) is 11.4. The maximum absolute atomic E-state index is 12.3. The van der Waals surface area contributed by atoms with Gasteiger partial charge in [0.05, 0.1) is 12.7 Å². The highest BCUT2D eigenvalue weighted by atomic mass is 35.5. The second kappa shape index (κ2) is 7.84. The Morgan fingerprint density at radius 1 is 1.17 bits per heavy atom. The number of carbonyl (C=O) groups is 2. The van der Waals surface area contributed by atoms with Crippen LogP contribution >= 0.6 is 11.6 Å². The Morgan fingerprint density at radius 2 is 1.92 bits per heavy atom. The average molecular weight is 348 g/mol. The Balaban J connectivity index is 2.05. The molecule has 126 valence electrons. The van der Waals surface area contributed by atoms with Gasteiger partial charge in [0.1, 0.15) is 5.75 Å². The van der Waals surface area contributed by atoms with E-state index in [1.807, 2.05) is 6.92 Å². The minimum Gasteiger partial charge on any atom is -0.481 e. The molecule has 24 heavy (non-hydrogen) atoms. The number of nitrogens with one attached hydrogen (secondary N) is 1. The van der Waals surface area contributed by atoms with Gasteiger partial charge in [-0.3, -0.25) is 4.79 Å². The van der Waals surface area contributed by atoms with E-state index >= 15 is 0 Å². The SMILES string of the molecule is COC(=O)c1cccc(NC(=O)C(C)Oc2ccc(Cl)cc2C)c1. The molecule has 1 N–H and O–H groups in total. The van der Waals surface area contributed by atoms with E-state index in [1.165, 1.54) is 7.11 Å². The zero-order chi connectivity index (χ0) is 17.7. The number of benzene rings is 2. The number of esters is 1. The van der Waals surface area contributed by atoms with Crippen LogP contribution in [0.15, 0.2) is 42.5 Å². The van der Waals surface area contributed by atoms with Crippen LogP contribution in [0.1, 0.15) is 22.8 Å². The number of hydrogen-bond donors (Lipinski definition) is 1. The first-order valence-corrected chi connectivity index (χ1v) is 7.70. The van der Waals surface area contributed by atoms with Crippen molar-refractivity contribution in [1.29, 1.82) is 0 Å². The third kappa shape index (κ3) is 4.49. The van der Waals surface area contributed by atoms with Gasteiger partial charge in [-0.2, -0.15) is 0 Å². The fraction of sp³-hybridized carbons (Fsp3) is 0.222. The minimum absolute atomic E-state index is 0.327. The van der Waals surface area contributed by atoms with Crippen molar-refractivity contribution in [2.24, 2.45) is 0 Å². The van der Waals surface area contributed by atoms with Crippen LogP contribution in [-0.2, 0) is 9.53 Å². The molecule has 1 amide bonds. The van der Waals surface area contributed by atoms with E-state index in [2.05, 4.69) is 10.1 Å². The largest absolute Gasteiger partial charge is 0.481 e. The van der Waals surface area contributed by atoms with Crippen molar-refractivity contribution < 1.29 is 19.1 Å². The monoisotopic (exact) mass is 347 g/mol. The summed E-state index contributed by atoms with van der Waals surface area (Å²) in [6, 6.07) is 11.7. The summed E-state index contributed by atoms with van der Waals surface area (Å²) in [6.45, 7) is 3.50. The number of methoxy groups -OCH3 is 1. The number of aryl methyl sites for hydroxylation is 1. The van der Waals surface area contributed by atoms with E-state index in [4.69, 9.17) is 16.3 Å². The zero-order valence-electron chi connectivity index (χ0n) is 13.6. The molecule has 0 bridgehead atoms. The van der Waals surface area contributed by atoms with Crippen LogP contribution in [-0.4, -0.2) is 25.1 Å². The molecule has 1 atom stereocenters. The summed E-state index contributed by atoms with van der Waals surface area (Å²) in [7, 11) is 1.30. The molecule has 0 heterocycles. The predicted octanol–water partition coefficient (Wildman–Crippen LogP) is 3.84. The number of hydrogen-bond acceptors (Lipinski definition) is 4. The quantitative estimate of drug-likeness (QED) is 0.834. The fourth-order valence-electron chi connectivity index (χ4n) is 2.07. The molecule has 2 aromatic rings. The predicted molar refractivity (Wildman–Crippen MR) is 92.7 cm³/mol. The van der Waals surface area contributed by atoms with Gasteiger partial charge in [0, 0.05) is 10.7 Å². The molecule has 5 nitrogen and oxygen atoms in total. The summed E-state index contributed by atoms with van der Waals surface area (Å²) < 4.78 is 10.3. The molecule has 0 fully saturated rings. The van der Waals surface area contributed by atoms with Crippen molar-refractivity contribution in [2.75, 3.05) is 12.4 Å². The lowest BCUT2D eigenvalue weighted by atomic mass is 10.2. The maximum atomic E-state index is 12.3. The smallest absolute Gasteiger partial charge is 0.337 e. The van der Waals surface area contributed by atoms with Crippen molar-refractivity contribution in [1.82, 2.24) is 0 Å². The molecule has 0 saturated heterocycles. The molecule has 0 radical (unpaired) electrons. The van der Waals surface area contributed by atoms with Gasteiger partial charge in [-0.1, -0.05) is 17.7 Å². The highest BCUT2D eigenvalue weighted by molar-refractivity contribution is 6.30. The van der Waals surface area contributed by atoms with Crippen LogP contribution < -0.4 is 10.1 Å². The summed E-state index contributed by atoms with van der Waals surface area (Å²) in [6.07, 6.45) is -0.716. The van der Waals surface area contributed by atoms with Crippen LogP contribution in [0.4, 0.5) is 5.69 Å². The molecule has 2 rings (SSSR count). The van der Waals surface area contributed by atoms with E-state index in [0.29, 0.717) is 22.0 Å². The number of rotatable bonds is 5. The lowest BCUT2D eigenvalue weighted by Crippen LogP contribution is -2.30. The number of anilines is 1. The van der Waals surface area contributed by atoms with Crippen LogP contribution in [0.5, 0.6) is 5.75 Å². The minimum atomic E-state index is -0.716. The fourth-order valence-corrected chi connectivity index (χ4v) is 2.30. The lowest BCUT2D eigenvalue weighted by molar-refractivity contribution is -0.122. The summed E-state index contributed by atoms with van der Waals surface area (Å²) >= 11 is 5.90. The Hall–Kier alpha value is -2.53. The molecule has 6 heteroatoms. The first-order valence-electron chi connectivity index (χ1n) is 7.32. The van der Waals surface area contributed by atoms with Crippen LogP contribution in [0.3, 0.4) is 0 Å². The zero-order valence-corrected chi connectivity index (χ0v) is 14.4. The van der Waals surface area contributed by atoms with E-state index < -0.39 is 12.1 Å². The molecular formula is C18H18ClNO4. The van der Waals surface area contributed by atoms with Gasteiger partial charge in [-0.25, -0.2) is 4.79 Å². The number of halogens is 1. The molecule has 0 spiro atoms.